The van der Waals surface area contributed by atoms with Crippen LogP contribution in [-0.4, -0.2) is 17.1 Å². The minimum absolute atomic E-state index is 0.396. The molecular weight excluding hydrogens is 252 g/mol. The predicted molar refractivity (Wildman–Crippen MR) is 69.0 cm³/mol. The van der Waals surface area contributed by atoms with E-state index in [1.807, 2.05) is 31.2 Å². The van der Waals surface area contributed by atoms with Gasteiger partial charge in [-0.15, -0.1) is 0 Å². The molecule has 0 aliphatic rings. The Morgan fingerprint density at radius 3 is 2.89 bits per heavy atom. The Bertz CT molecular complexity index is 546. The van der Waals surface area contributed by atoms with Crippen LogP contribution in [0.1, 0.15) is 11.1 Å². The molecule has 4 nitrogen and oxygen atoms in total. The molecule has 0 spiro atoms. The highest BCUT2D eigenvalue weighted by atomic mass is 35.5. The van der Waals surface area contributed by atoms with E-state index in [0.29, 0.717) is 23.4 Å². The number of benzene rings is 1. The van der Waals surface area contributed by atoms with Gasteiger partial charge in [0.05, 0.1) is 6.61 Å². The second-order valence-electron chi connectivity index (χ2n) is 3.78. The van der Waals surface area contributed by atoms with Gasteiger partial charge in [-0.25, -0.2) is 9.97 Å². The summed E-state index contributed by atoms with van der Waals surface area (Å²) in [4.78, 5) is 7.94. The second-order valence-corrected chi connectivity index (χ2v) is 4.14. The van der Waals surface area contributed by atoms with Crippen molar-refractivity contribution in [1.29, 1.82) is 0 Å². The quantitative estimate of drug-likeness (QED) is 0.794. The number of rotatable bonds is 4. The summed E-state index contributed by atoms with van der Waals surface area (Å²) in [6.07, 6.45) is 1.38. The molecule has 0 aliphatic carbocycles. The van der Waals surface area contributed by atoms with Gasteiger partial charge in [0.1, 0.15) is 17.2 Å². The summed E-state index contributed by atoms with van der Waals surface area (Å²) >= 11 is 5.91. The Morgan fingerprint density at radius 1 is 1.28 bits per heavy atom. The van der Waals surface area contributed by atoms with Crippen molar-refractivity contribution in [2.24, 2.45) is 0 Å². The topological polar surface area (TPSA) is 44.2 Å². The molecule has 0 amide bonds. The van der Waals surface area contributed by atoms with Gasteiger partial charge in [-0.3, -0.25) is 0 Å². The molecule has 94 valence electrons. The zero-order valence-corrected chi connectivity index (χ0v) is 10.9. The second kappa shape index (κ2) is 5.80. The van der Waals surface area contributed by atoms with Crippen LogP contribution in [0.5, 0.6) is 11.6 Å². The van der Waals surface area contributed by atoms with Gasteiger partial charge in [-0.2, -0.15) is 0 Å². The summed E-state index contributed by atoms with van der Waals surface area (Å²) in [5, 5.41) is 0.396. The average molecular weight is 265 g/mol. The molecule has 0 atom stereocenters. The lowest BCUT2D eigenvalue weighted by molar-refractivity contribution is 0.184. The van der Waals surface area contributed by atoms with Gasteiger partial charge in [0.2, 0.25) is 5.88 Å². The van der Waals surface area contributed by atoms with Crippen molar-refractivity contribution in [2.75, 3.05) is 7.11 Å². The molecule has 0 bridgehead atoms. The molecule has 1 aromatic carbocycles. The number of hydrogen-bond donors (Lipinski definition) is 0. The van der Waals surface area contributed by atoms with Crippen molar-refractivity contribution in [3.05, 3.63) is 46.9 Å². The van der Waals surface area contributed by atoms with Gasteiger partial charge in [0.15, 0.2) is 0 Å². The van der Waals surface area contributed by atoms with Crippen LogP contribution in [0, 0.1) is 6.92 Å². The van der Waals surface area contributed by atoms with Crippen LogP contribution >= 0.6 is 11.6 Å². The molecule has 0 saturated carbocycles. The first-order chi connectivity index (χ1) is 8.70. The van der Waals surface area contributed by atoms with E-state index in [4.69, 9.17) is 21.1 Å². The first-order valence-electron chi connectivity index (χ1n) is 5.43. The third kappa shape index (κ3) is 2.97. The molecule has 1 heterocycles. The van der Waals surface area contributed by atoms with E-state index in [2.05, 4.69) is 9.97 Å². The van der Waals surface area contributed by atoms with Gasteiger partial charge in [0, 0.05) is 12.7 Å². The van der Waals surface area contributed by atoms with Crippen LogP contribution in [-0.2, 0) is 11.3 Å². The van der Waals surface area contributed by atoms with Crippen LogP contribution in [0.3, 0.4) is 0 Å². The van der Waals surface area contributed by atoms with Crippen LogP contribution in [0.4, 0.5) is 0 Å². The molecule has 2 aromatic rings. The van der Waals surface area contributed by atoms with Crippen molar-refractivity contribution in [3.63, 3.8) is 0 Å². The molecule has 0 saturated heterocycles. The predicted octanol–water partition coefficient (Wildman–Crippen LogP) is 3.38. The minimum Gasteiger partial charge on any atom is -0.439 e. The average Bonchev–Trinajstić information content (AvgIpc) is 2.36. The maximum Gasteiger partial charge on any atom is 0.226 e. The fourth-order valence-electron chi connectivity index (χ4n) is 1.49. The molecule has 0 fully saturated rings. The highest BCUT2D eigenvalue weighted by molar-refractivity contribution is 6.30. The molecule has 5 heteroatoms. The minimum atomic E-state index is 0.396. The molecule has 18 heavy (non-hydrogen) atoms. The molecule has 0 N–H and O–H groups in total. The fourth-order valence-corrected chi connectivity index (χ4v) is 1.62. The smallest absolute Gasteiger partial charge is 0.226 e. The van der Waals surface area contributed by atoms with Crippen molar-refractivity contribution >= 4 is 11.6 Å². The van der Waals surface area contributed by atoms with Crippen molar-refractivity contribution in [1.82, 2.24) is 9.97 Å². The molecule has 0 aliphatic heterocycles. The Balaban J connectivity index is 2.23. The largest absolute Gasteiger partial charge is 0.439 e. The number of ether oxygens (including phenoxy) is 2. The van der Waals surface area contributed by atoms with Crippen LogP contribution in [0.25, 0.3) is 0 Å². The summed E-state index contributed by atoms with van der Waals surface area (Å²) in [5.74, 6) is 1.16. The molecular formula is C13H13ClN2O2. The third-order valence-corrected chi connectivity index (χ3v) is 2.78. The van der Waals surface area contributed by atoms with Crippen LogP contribution in [0.15, 0.2) is 30.6 Å². The lowest BCUT2D eigenvalue weighted by Gasteiger charge is -2.08. The van der Waals surface area contributed by atoms with E-state index in [9.17, 15) is 0 Å². The summed E-state index contributed by atoms with van der Waals surface area (Å²) in [6, 6.07) is 7.63. The van der Waals surface area contributed by atoms with Gasteiger partial charge >= 0.3 is 0 Å². The van der Waals surface area contributed by atoms with E-state index in [0.717, 1.165) is 11.1 Å². The number of methoxy groups -OCH3 is 1. The van der Waals surface area contributed by atoms with E-state index in [1.165, 1.54) is 6.33 Å². The maximum absolute atomic E-state index is 5.91. The van der Waals surface area contributed by atoms with Gasteiger partial charge in [-0.05, 0) is 24.6 Å². The Labute approximate surface area is 111 Å². The monoisotopic (exact) mass is 264 g/mol. The van der Waals surface area contributed by atoms with Crippen LogP contribution < -0.4 is 4.74 Å². The molecule has 0 unspecified atom stereocenters. The van der Waals surface area contributed by atoms with E-state index in [1.54, 1.807) is 7.11 Å². The SMILES string of the molecule is COCc1cccc(Oc2ncnc(Cl)c2C)c1. The lowest BCUT2D eigenvalue weighted by atomic mass is 10.2. The number of aromatic nitrogens is 2. The zero-order valence-electron chi connectivity index (χ0n) is 10.2. The standard InChI is InChI=1S/C13H13ClN2O2/c1-9-12(14)15-8-16-13(9)18-11-5-3-4-10(6-11)7-17-2/h3-6,8H,7H2,1-2H3. The number of nitrogens with zero attached hydrogens (tertiary/aromatic N) is 2. The van der Waals surface area contributed by atoms with E-state index < -0.39 is 0 Å². The highest BCUT2D eigenvalue weighted by Gasteiger charge is 2.07. The summed E-state index contributed by atoms with van der Waals surface area (Å²) < 4.78 is 10.8. The van der Waals surface area contributed by atoms with Crippen LogP contribution in [0.2, 0.25) is 5.15 Å². The Kier molecular flexibility index (Phi) is 4.12. The lowest BCUT2D eigenvalue weighted by Crippen LogP contribution is -1.94. The molecule has 2 rings (SSSR count). The first kappa shape index (κ1) is 12.8. The Morgan fingerprint density at radius 2 is 2.11 bits per heavy atom. The summed E-state index contributed by atoms with van der Waals surface area (Å²) in [6.45, 7) is 2.36. The fraction of sp³-hybridized carbons (Fsp3) is 0.231. The van der Waals surface area contributed by atoms with Crippen molar-refractivity contribution in [3.8, 4) is 11.6 Å². The van der Waals surface area contributed by atoms with Crippen molar-refractivity contribution < 1.29 is 9.47 Å². The summed E-state index contributed by atoms with van der Waals surface area (Å²) in [5.41, 5.74) is 1.75. The normalized spacial score (nSPS) is 10.4. The van der Waals surface area contributed by atoms with E-state index in [-0.39, 0.29) is 0 Å². The molecule has 1 aromatic heterocycles. The first-order valence-corrected chi connectivity index (χ1v) is 5.81. The number of halogens is 1. The summed E-state index contributed by atoms with van der Waals surface area (Å²) in [7, 11) is 1.65. The number of hydrogen-bond acceptors (Lipinski definition) is 4. The maximum atomic E-state index is 5.91. The van der Waals surface area contributed by atoms with Gasteiger partial charge in [-0.1, -0.05) is 23.7 Å². The van der Waals surface area contributed by atoms with Gasteiger partial charge in [0.25, 0.3) is 0 Å². The van der Waals surface area contributed by atoms with Gasteiger partial charge < -0.3 is 9.47 Å². The third-order valence-electron chi connectivity index (χ3n) is 2.40. The van der Waals surface area contributed by atoms with E-state index >= 15 is 0 Å². The Hall–Kier alpha value is -1.65. The zero-order chi connectivity index (χ0) is 13.0. The van der Waals surface area contributed by atoms with Crippen molar-refractivity contribution in [2.45, 2.75) is 13.5 Å². The highest BCUT2D eigenvalue weighted by Crippen LogP contribution is 2.26. The molecule has 0 radical (unpaired) electrons.